The number of aryl methyl sites for hydroxylation is 1. The number of benzene rings is 3. The van der Waals surface area contributed by atoms with Gasteiger partial charge in [0.05, 0.1) is 22.8 Å². The molecule has 230 valence electrons. The number of halogens is 2. The molecular formula is C31H30Cl2N4O7. The number of carbonyl (C=O) groups excluding carboxylic acids is 2. The predicted octanol–water partition coefficient (Wildman–Crippen LogP) is 7.23. The van der Waals surface area contributed by atoms with Crippen LogP contribution < -0.4 is 25.9 Å². The minimum absolute atomic E-state index is 0.0434. The van der Waals surface area contributed by atoms with Crippen molar-refractivity contribution in [2.24, 2.45) is 0 Å². The molecule has 44 heavy (non-hydrogen) atoms. The smallest absolute Gasteiger partial charge is 0.442 e. The highest BCUT2D eigenvalue weighted by Crippen LogP contribution is 2.33. The highest BCUT2D eigenvalue weighted by molar-refractivity contribution is 6.36. The molecule has 2 N–H and O–H groups in total. The number of terminal acetylenes is 1. The zero-order valence-electron chi connectivity index (χ0n) is 24.6. The molecule has 3 aromatic carbocycles. The van der Waals surface area contributed by atoms with E-state index in [0.29, 0.717) is 34.5 Å². The van der Waals surface area contributed by atoms with Crippen LogP contribution in [0.2, 0.25) is 10.0 Å². The van der Waals surface area contributed by atoms with Gasteiger partial charge in [0, 0.05) is 28.9 Å². The van der Waals surface area contributed by atoms with Crippen molar-refractivity contribution in [3.05, 3.63) is 92.7 Å². The lowest BCUT2D eigenvalue weighted by Gasteiger charge is -2.11. The number of amides is 2. The molecule has 0 aliphatic carbocycles. The standard InChI is InChI=1S/C16H16N2O4.C15H14Cl2N2O3/c1-11-5-3-6-12(9-11)18-16(20)22-14-8-4-7-13(10-14)17-15(19)21-2;1-5-6-21-12-8-11(9(16)7-10(12)17)19-14(20)22-13(18-19)15(2,3)4/h3-10H,1-2H3,(H,17,19)(H,18,20);1,7-8H,6H2,2-4H3. The monoisotopic (exact) mass is 640 g/mol. The first-order chi connectivity index (χ1) is 20.8. The molecule has 2 amide bonds. The van der Waals surface area contributed by atoms with Gasteiger partial charge in [-0.2, -0.15) is 4.68 Å². The van der Waals surface area contributed by atoms with Gasteiger partial charge in [0.2, 0.25) is 5.89 Å². The van der Waals surface area contributed by atoms with Crippen LogP contribution >= 0.6 is 23.2 Å². The van der Waals surface area contributed by atoms with Gasteiger partial charge in [-0.15, -0.1) is 11.5 Å². The normalized spacial score (nSPS) is 10.5. The number of aromatic nitrogens is 2. The van der Waals surface area contributed by atoms with Crippen molar-refractivity contribution in [2.75, 3.05) is 24.4 Å². The summed E-state index contributed by atoms with van der Waals surface area (Å²) in [5.41, 5.74) is 2.04. The van der Waals surface area contributed by atoms with E-state index in [1.54, 1.807) is 24.3 Å². The summed E-state index contributed by atoms with van der Waals surface area (Å²) >= 11 is 12.2. The maximum absolute atomic E-state index is 12.0. The Morgan fingerprint density at radius 1 is 1.00 bits per heavy atom. The Bertz CT molecular complexity index is 1740. The number of anilines is 2. The maximum Gasteiger partial charge on any atom is 0.442 e. The molecule has 4 aromatic rings. The molecule has 1 aromatic heterocycles. The summed E-state index contributed by atoms with van der Waals surface area (Å²) in [6.07, 6.45) is 3.95. The van der Waals surface area contributed by atoms with E-state index in [2.05, 4.69) is 26.4 Å². The minimum atomic E-state index is -0.642. The number of nitrogens with one attached hydrogen (secondary N) is 2. The van der Waals surface area contributed by atoms with Crippen molar-refractivity contribution in [1.82, 2.24) is 9.78 Å². The second-order valence-electron chi connectivity index (χ2n) is 10.1. The number of ether oxygens (including phenoxy) is 3. The molecule has 0 saturated heterocycles. The Kier molecular flexibility index (Phi) is 11.4. The molecule has 13 heteroatoms. The van der Waals surface area contributed by atoms with Gasteiger partial charge in [0.1, 0.15) is 18.1 Å². The first kappa shape index (κ1) is 33.6. The van der Waals surface area contributed by atoms with Gasteiger partial charge >= 0.3 is 17.9 Å². The zero-order chi connectivity index (χ0) is 32.4. The third-order valence-electron chi connectivity index (χ3n) is 5.47. The van der Waals surface area contributed by atoms with E-state index in [-0.39, 0.29) is 16.7 Å². The molecule has 0 fully saturated rings. The van der Waals surface area contributed by atoms with E-state index in [9.17, 15) is 14.4 Å². The van der Waals surface area contributed by atoms with Crippen molar-refractivity contribution in [1.29, 1.82) is 0 Å². The van der Waals surface area contributed by atoms with E-state index in [1.807, 2.05) is 45.9 Å². The van der Waals surface area contributed by atoms with Crippen molar-refractivity contribution in [3.63, 3.8) is 0 Å². The second kappa shape index (κ2) is 15.0. The summed E-state index contributed by atoms with van der Waals surface area (Å²) in [7, 11) is 1.27. The van der Waals surface area contributed by atoms with Gasteiger partial charge < -0.3 is 18.6 Å². The van der Waals surface area contributed by atoms with Gasteiger partial charge in [0.25, 0.3) is 0 Å². The van der Waals surface area contributed by atoms with Gasteiger partial charge in [-0.25, -0.2) is 14.4 Å². The van der Waals surface area contributed by atoms with E-state index in [0.717, 1.165) is 10.2 Å². The summed E-state index contributed by atoms with van der Waals surface area (Å²) in [6.45, 7) is 7.62. The third-order valence-corrected chi connectivity index (χ3v) is 6.07. The minimum Gasteiger partial charge on any atom is -0.479 e. The fraction of sp³-hybridized carbons (Fsp3) is 0.226. The van der Waals surface area contributed by atoms with Crippen LogP contribution in [-0.2, 0) is 10.2 Å². The Morgan fingerprint density at radius 3 is 2.27 bits per heavy atom. The summed E-state index contributed by atoms with van der Waals surface area (Å²) in [4.78, 5) is 35.0. The lowest BCUT2D eigenvalue weighted by atomic mass is 9.97. The SMILES string of the molecule is C#CCOc1cc(-n2nc(C(C)(C)C)oc2=O)c(Cl)cc1Cl.COC(=O)Nc1cccc(OC(=O)Nc2cccc(C)c2)c1. The van der Waals surface area contributed by atoms with E-state index in [4.69, 9.17) is 43.5 Å². The Hall–Kier alpha value is -4.92. The Balaban J connectivity index is 0.000000240. The van der Waals surface area contributed by atoms with Crippen molar-refractivity contribution < 1.29 is 28.2 Å². The van der Waals surface area contributed by atoms with E-state index < -0.39 is 23.4 Å². The fourth-order valence-corrected chi connectivity index (χ4v) is 3.94. The first-order valence-electron chi connectivity index (χ1n) is 13.0. The first-order valence-corrected chi connectivity index (χ1v) is 13.7. The van der Waals surface area contributed by atoms with Crippen LogP contribution in [0.25, 0.3) is 5.69 Å². The molecule has 0 spiro atoms. The van der Waals surface area contributed by atoms with Gasteiger partial charge in [-0.05, 0) is 42.8 Å². The Labute approximate surface area is 264 Å². The van der Waals surface area contributed by atoms with Crippen LogP contribution in [0, 0.1) is 19.3 Å². The number of nitrogens with zero attached hydrogens (tertiary/aromatic N) is 2. The lowest BCUT2D eigenvalue weighted by molar-refractivity contribution is 0.187. The summed E-state index contributed by atoms with van der Waals surface area (Å²) in [5.74, 6) is 2.61. The van der Waals surface area contributed by atoms with Crippen molar-refractivity contribution in [2.45, 2.75) is 33.1 Å². The number of carbonyl (C=O) groups is 2. The summed E-state index contributed by atoms with van der Waals surface area (Å²) < 4.78 is 21.2. The summed E-state index contributed by atoms with van der Waals surface area (Å²) in [5, 5.41) is 9.83. The molecule has 0 atom stereocenters. The molecule has 0 unspecified atom stereocenters. The largest absolute Gasteiger partial charge is 0.479 e. The van der Waals surface area contributed by atoms with Crippen LogP contribution in [0.4, 0.5) is 21.0 Å². The molecule has 4 rings (SSSR count). The second-order valence-corrected chi connectivity index (χ2v) is 10.9. The van der Waals surface area contributed by atoms with E-state index in [1.165, 1.54) is 25.3 Å². The van der Waals surface area contributed by atoms with Crippen LogP contribution in [0.5, 0.6) is 11.5 Å². The molecule has 1 heterocycles. The van der Waals surface area contributed by atoms with Gasteiger partial charge in [0.15, 0.2) is 0 Å². The number of methoxy groups -OCH3 is 1. The average molecular weight is 642 g/mol. The number of hydrogen-bond donors (Lipinski definition) is 2. The highest BCUT2D eigenvalue weighted by Gasteiger charge is 2.24. The highest BCUT2D eigenvalue weighted by atomic mass is 35.5. The molecular weight excluding hydrogens is 611 g/mol. The number of hydrogen-bond acceptors (Lipinski definition) is 8. The quantitative estimate of drug-likeness (QED) is 0.211. The molecule has 0 bridgehead atoms. The van der Waals surface area contributed by atoms with Gasteiger partial charge in [-0.3, -0.25) is 10.6 Å². The topological polar surface area (TPSA) is 134 Å². The van der Waals surface area contributed by atoms with Crippen LogP contribution in [-0.4, -0.2) is 35.7 Å². The molecule has 0 saturated carbocycles. The fourth-order valence-electron chi connectivity index (χ4n) is 3.42. The Morgan fingerprint density at radius 2 is 1.66 bits per heavy atom. The predicted molar refractivity (Wildman–Crippen MR) is 168 cm³/mol. The zero-order valence-corrected chi connectivity index (χ0v) is 26.1. The summed E-state index contributed by atoms with van der Waals surface area (Å²) in [6, 6.07) is 16.8. The maximum atomic E-state index is 12.0. The molecule has 0 aliphatic rings. The number of rotatable bonds is 6. The molecule has 0 radical (unpaired) electrons. The average Bonchev–Trinajstić information content (AvgIpc) is 3.35. The van der Waals surface area contributed by atoms with Crippen molar-refractivity contribution in [3.8, 4) is 29.5 Å². The lowest BCUT2D eigenvalue weighted by Crippen LogP contribution is -2.17. The third kappa shape index (κ3) is 9.55. The van der Waals surface area contributed by atoms with Crippen LogP contribution in [0.3, 0.4) is 0 Å². The van der Waals surface area contributed by atoms with Crippen LogP contribution in [0.15, 0.2) is 69.9 Å². The molecule has 0 aliphatic heterocycles. The van der Waals surface area contributed by atoms with E-state index >= 15 is 0 Å². The van der Waals surface area contributed by atoms with Crippen LogP contribution in [0.1, 0.15) is 32.2 Å². The van der Waals surface area contributed by atoms with Crippen molar-refractivity contribution >= 4 is 46.8 Å². The van der Waals surface area contributed by atoms with Gasteiger partial charge in [-0.1, -0.05) is 68.1 Å². The molecule has 11 nitrogen and oxygen atoms in total.